The summed E-state index contributed by atoms with van der Waals surface area (Å²) in [6.07, 6.45) is -7.37. The first kappa shape index (κ1) is 42.3. The molecule has 45 heavy (non-hydrogen) atoms. The van der Waals surface area contributed by atoms with Gasteiger partial charge in [-0.3, -0.25) is 4.52 Å². The van der Waals surface area contributed by atoms with Crippen molar-refractivity contribution in [3.63, 3.8) is 0 Å². The van der Waals surface area contributed by atoms with Crippen molar-refractivity contribution in [1.82, 2.24) is 0 Å². The molecule has 0 aromatic carbocycles. The number of ether oxygens (including phenoxy) is 10. The first-order valence-corrected chi connectivity index (χ1v) is 16.1. The van der Waals surface area contributed by atoms with Crippen LogP contribution >= 0.6 is 7.82 Å². The molecule has 0 aliphatic carbocycles. The van der Waals surface area contributed by atoms with Gasteiger partial charge in [0.2, 0.25) is 0 Å². The Bertz CT molecular complexity index is 764. The van der Waals surface area contributed by atoms with Gasteiger partial charge in [0, 0.05) is 6.42 Å². The van der Waals surface area contributed by atoms with Gasteiger partial charge in [-0.1, -0.05) is 0 Å². The van der Waals surface area contributed by atoms with E-state index in [0.717, 1.165) is 0 Å². The Morgan fingerprint density at radius 3 is 1.29 bits per heavy atom. The van der Waals surface area contributed by atoms with Crippen LogP contribution in [-0.4, -0.2) is 188 Å². The van der Waals surface area contributed by atoms with E-state index in [2.05, 4.69) is 4.52 Å². The van der Waals surface area contributed by atoms with Gasteiger partial charge >= 0.3 is 7.82 Å². The molecule has 5 N–H and O–H groups in total. The second-order valence-electron chi connectivity index (χ2n) is 9.29. The highest BCUT2D eigenvalue weighted by Gasteiger charge is 2.45. The molecule has 1 heterocycles. The SMILES string of the molecule is [B]C(=O)CCOCCOCCOCCOCCOCCOCCOCCOCCOC1OC(COP(=O)(O)O)C(O)C(O)C1O. The highest BCUT2D eigenvalue weighted by molar-refractivity contribution is 7.46. The maximum Gasteiger partial charge on any atom is 0.469 e. The van der Waals surface area contributed by atoms with Gasteiger partial charge in [0.05, 0.1) is 125 Å². The van der Waals surface area contributed by atoms with Gasteiger partial charge in [-0.2, -0.15) is 0 Å². The number of phosphoric ester groups is 1. The number of hydrogen-bond donors (Lipinski definition) is 5. The largest absolute Gasteiger partial charge is 0.469 e. The number of carbonyl (C=O) groups is 1. The summed E-state index contributed by atoms with van der Waals surface area (Å²) < 4.78 is 68.6. The molecule has 20 heteroatoms. The van der Waals surface area contributed by atoms with Gasteiger partial charge in [0.1, 0.15) is 24.4 Å². The van der Waals surface area contributed by atoms with Gasteiger partial charge < -0.3 is 77.3 Å². The molecule has 0 bridgehead atoms. The van der Waals surface area contributed by atoms with E-state index in [0.29, 0.717) is 92.5 Å². The van der Waals surface area contributed by atoms with E-state index in [1.807, 2.05) is 0 Å². The number of carbonyl (C=O) groups excluding carboxylic acids is 1. The summed E-state index contributed by atoms with van der Waals surface area (Å²) in [6, 6.07) is 0. The topological polar surface area (TPSA) is 237 Å². The lowest BCUT2D eigenvalue weighted by atomic mass is 9.99. The zero-order valence-electron chi connectivity index (χ0n) is 25.4. The highest BCUT2D eigenvalue weighted by Crippen LogP contribution is 2.37. The summed E-state index contributed by atoms with van der Waals surface area (Å²) in [4.78, 5) is 28.1. The lowest BCUT2D eigenvalue weighted by Crippen LogP contribution is -2.59. The summed E-state index contributed by atoms with van der Waals surface area (Å²) in [6.45, 7) is 5.22. The summed E-state index contributed by atoms with van der Waals surface area (Å²) in [7, 11) is 0.185. The van der Waals surface area contributed by atoms with Crippen molar-refractivity contribution in [2.45, 2.75) is 37.1 Å². The van der Waals surface area contributed by atoms with Crippen molar-refractivity contribution < 1.29 is 86.4 Å². The first-order chi connectivity index (χ1) is 21.6. The van der Waals surface area contributed by atoms with Gasteiger partial charge in [-0.05, 0) is 0 Å². The van der Waals surface area contributed by atoms with Crippen LogP contribution in [0, 0.1) is 0 Å². The Labute approximate surface area is 264 Å². The van der Waals surface area contributed by atoms with Crippen LogP contribution in [0.2, 0.25) is 0 Å². The number of phosphoric acid groups is 1. The molecule has 1 rings (SSSR count). The molecule has 0 aromatic heterocycles. The molecule has 0 saturated carbocycles. The van der Waals surface area contributed by atoms with E-state index in [1.165, 1.54) is 0 Å². The van der Waals surface area contributed by atoms with Crippen molar-refractivity contribution >= 4 is 21.4 Å². The Morgan fingerprint density at radius 2 is 0.933 bits per heavy atom. The molecule has 1 saturated heterocycles. The average Bonchev–Trinajstić information content (AvgIpc) is 2.99. The lowest BCUT2D eigenvalue weighted by molar-refractivity contribution is -0.301. The van der Waals surface area contributed by atoms with E-state index in [-0.39, 0.29) is 26.2 Å². The van der Waals surface area contributed by atoms with E-state index in [9.17, 15) is 24.7 Å². The van der Waals surface area contributed by atoms with Crippen molar-refractivity contribution in [2.75, 3.05) is 119 Å². The summed E-state index contributed by atoms with van der Waals surface area (Å²) in [5, 5.41) is 29.8. The second kappa shape index (κ2) is 27.3. The average molecular weight is 678 g/mol. The molecule has 5 atom stereocenters. The summed E-state index contributed by atoms with van der Waals surface area (Å²) >= 11 is 0. The smallest absolute Gasteiger partial charge is 0.387 e. The van der Waals surface area contributed by atoms with Gasteiger partial charge in [-0.15, -0.1) is 0 Å². The maximum absolute atomic E-state index is 10.9. The third-order valence-electron chi connectivity index (χ3n) is 5.68. The monoisotopic (exact) mass is 678 g/mol. The lowest BCUT2D eigenvalue weighted by Gasteiger charge is -2.40. The number of aliphatic hydroxyl groups is 3. The minimum atomic E-state index is -4.82. The number of hydrogen-bond acceptors (Lipinski definition) is 16. The highest BCUT2D eigenvalue weighted by atomic mass is 31.2. The van der Waals surface area contributed by atoms with Crippen molar-refractivity contribution in [3.05, 3.63) is 0 Å². The van der Waals surface area contributed by atoms with Crippen molar-refractivity contribution in [1.29, 1.82) is 0 Å². The predicted octanol–water partition coefficient (Wildman–Crippen LogP) is -2.86. The van der Waals surface area contributed by atoms with Crippen LogP contribution in [0.15, 0.2) is 0 Å². The zero-order valence-corrected chi connectivity index (χ0v) is 26.3. The third-order valence-corrected chi connectivity index (χ3v) is 6.17. The summed E-state index contributed by atoms with van der Waals surface area (Å²) in [5.41, 5.74) is -0.394. The molecular weight excluding hydrogens is 630 g/mol. The molecule has 264 valence electrons. The quantitative estimate of drug-likeness (QED) is 0.0282. The Kier molecular flexibility index (Phi) is 25.7. The molecule has 0 aromatic rings. The third kappa shape index (κ3) is 24.2. The van der Waals surface area contributed by atoms with Crippen molar-refractivity contribution in [3.8, 4) is 0 Å². The van der Waals surface area contributed by atoms with Crippen molar-refractivity contribution in [2.24, 2.45) is 0 Å². The standard InChI is InChI=1S/C25H48BO18P/c26-21(27)1-2-34-3-4-35-5-6-36-7-8-37-9-10-38-11-12-39-13-14-40-15-16-41-17-18-42-25-24(30)23(29)22(28)20(44-25)19-43-45(31,32)33/h20,22-25,28-30H,1-19H2,(H2,31,32,33). The minimum absolute atomic E-state index is 0.0338. The van der Waals surface area contributed by atoms with Crippen LogP contribution in [0.5, 0.6) is 0 Å². The van der Waals surface area contributed by atoms with Crippen LogP contribution < -0.4 is 0 Å². The van der Waals surface area contributed by atoms with Gasteiger partial charge in [0.15, 0.2) is 14.1 Å². The van der Waals surface area contributed by atoms with E-state index in [1.54, 1.807) is 0 Å². The van der Waals surface area contributed by atoms with E-state index >= 15 is 0 Å². The number of aliphatic hydroxyl groups excluding tert-OH is 3. The Hall–Kier alpha value is -0.675. The molecule has 0 spiro atoms. The fourth-order valence-corrected chi connectivity index (χ4v) is 3.74. The van der Waals surface area contributed by atoms with E-state index < -0.39 is 50.8 Å². The molecule has 2 radical (unpaired) electrons. The minimum Gasteiger partial charge on any atom is -0.387 e. The molecule has 0 amide bonds. The van der Waals surface area contributed by atoms with Crippen LogP contribution in [0.1, 0.15) is 6.42 Å². The van der Waals surface area contributed by atoms with Gasteiger partial charge in [0.25, 0.3) is 0 Å². The molecule has 1 fully saturated rings. The van der Waals surface area contributed by atoms with Gasteiger partial charge in [-0.25, -0.2) is 4.57 Å². The molecule has 1 aliphatic heterocycles. The normalized spacial score (nSPS) is 22.2. The number of rotatable bonds is 31. The summed E-state index contributed by atoms with van der Waals surface area (Å²) in [5.74, 6) is 0. The molecule has 18 nitrogen and oxygen atoms in total. The predicted molar refractivity (Wildman–Crippen MR) is 153 cm³/mol. The molecular formula is C25H48BO18P. The van der Waals surface area contributed by atoms with Crippen LogP contribution in [0.25, 0.3) is 0 Å². The zero-order chi connectivity index (χ0) is 33.2. The van der Waals surface area contributed by atoms with E-state index in [4.69, 9.17) is 65.0 Å². The first-order valence-electron chi connectivity index (χ1n) is 14.5. The van der Waals surface area contributed by atoms with Crippen LogP contribution in [-0.2, 0) is 61.3 Å². The van der Waals surface area contributed by atoms with Crippen LogP contribution in [0.4, 0.5) is 0 Å². The fourth-order valence-electron chi connectivity index (χ4n) is 3.40. The second-order valence-corrected chi connectivity index (χ2v) is 10.5. The maximum atomic E-state index is 10.9. The fraction of sp³-hybridized carbons (Fsp3) is 0.960. The molecule has 1 aliphatic rings. The van der Waals surface area contributed by atoms with Crippen LogP contribution in [0.3, 0.4) is 0 Å². The Balaban J connectivity index is 1.81. The Morgan fingerprint density at radius 1 is 0.578 bits per heavy atom. The molecule has 5 unspecified atom stereocenters.